The van der Waals surface area contributed by atoms with Crippen molar-refractivity contribution in [2.45, 2.75) is 51.6 Å². The summed E-state index contributed by atoms with van der Waals surface area (Å²) in [6.07, 6.45) is 9.38. The summed E-state index contributed by atoms with van der Waals surface area (Å²) in [6.45, 7) is 3.32. The quantitative estimate of drug-likeness (QED) is 0.627. The van der Waals surface area contributed by atoms with E-state index in [0.29, 0.717) is 30.5 Å². The van der Waals surface area contributed by atoms with Gasteiger partial charge < -0.3 is 9.64 Å². The molecule has 11 nitrogen and oxygen atoms in total. The molecular weight excluding hydrogens is 412 g/mol. The molecule has 0 aromatic carbocycles. The second kappa shape index (κ2) is 8.05. The lowest BCUT2D eigenvalue weighted by atomic mass is 9.71. The number of amides is 1. The number of rotatable bonds is 5. The van der Waals surface area contributed by atoms with Gasteiger partial charge in [0.15, 0.2) is 5.82 Å². The molecule has 32 heavy (non-hydrogen) atoms. The van der Waals surface area contributed by atoms with Gasteiger partial charge in [-0.2, -0.15) is 4.68 Å². The lowest BCUT2D eigenvalue weighted by Crippen LogP contribution is -2.42. The standard InChI is InChI=1S/C21H26N8O3/c1-14-17(12-32-19(14)30)28-8-7-21(20(28)31)5-3-16(4-6-21)27(2)11-15-9-23-18(10-22-15)29-13-24-25-26-29/h9-10,13,16H,3-8,11-12H2,1-2H3. The zero-order valence-electron chi connectivity index (χ0n) is 18.3. The SMILES string of the molecule is CC1=C(N2CCC3(CCC(N(C)Cc4cnc(-n5cnnn5)cn4)CC3)C2=O)COC1=O. The Bertz CT molecular complexity index is 1040. The van der Waals surface area contributed by atoms with Crippen molar-refractivity contribution in [3.8, 4) is 5.82 Å². The van der Waals surface area contributed by atoms with E-state index in [1.165, 1.54) is 11.0 Å². The van der Waals surface area contributed by atoms with Crippen LogP contribution in [0.5, 0.6) is 0 Å². The number of cyclic esters (lactones) is 1. The number of nitrogens with zero attached hydrogens (tertiary/aromatic N) is 8. The van der Waals surface area contributed by atoms with Crippen LogP contribution in [0, 0.1) is 5.41 Å². The summed E-state index contributed by atoms with van der Waals surface area (Å²) in [5.41, 5.74) is 1.89. The Labute approximate surface area is 185 Å². The summed E-state index contributed by atoms with van der Waals surface area (Å²) in [4.78, 5) is 38.0. The molecule has 1 saturated carbocycles. The first-order valence-corrected chi connectivity index (χ1v) is 10.9. The van der Waals surface area contributed by atoms with Crippen LogP contribution in [-0.4, -0.2) is 78.1 Å². The molecular formula is C21H26N8O3. The van der Waals surface area contributed by atoms with Crippen molar-refractivity contribution in [2.75, 3.05) is 20.2 Å². The lowest BCUT2D eigenvalue weighted by molar-refractivity contribution is -0.138. The zero-order chi connectivity index (χ0) is 22.3. The van der Waals surface area contributed by atoms with Gasteiger partial charge in [-0.1, -0.05) is 0 Å². The van der Waals surface area contributed by atoms with Gasteiger partial charge in [0, 0.05) is 19.1 Å². The van der Waals surface area contributed by atoms with Crippen LogP contribution < -0.4 is 0 Å². The number of ether oxygens (including phenoxy) is 1. The number of carbonyl (C=O) groups is 2. The summed E-state index contributed by atoms with van der Waals surface area (Å²) in [5.74, 6) is 0.425. The molecule has 11 heteroatoms. The Balaban J connectivity index is 1.18. The van der Waals surface area contributed by atoms with E-state index < -0.39 is 0 Å². The van der Waals surface area contributed by atoms with Gasteiger partial charge in [0.1, 0.15) is 12.9 Å². The van der Waals surface area contributed by atoms with Crippen LogP contribution >= 0.6 is 0 Å². The summed E-state index contributed by atoms with van der Waals surface area (Å²) >= 11 is 0. The Hall–Kier alpha value is -3.21. The van der Waals surface area contributed by atoms with Crippen LogP contribution in [-0.2, 0) is 20.9 Å². The van der Waals surface area contributed by atoms with Crippen molar-refractivity contribution in [3.05, 3.63) is 35.7 Å². The Morgan fingerprint density at radius 3 is 2.62 bits per heavy atom. The largest absolute Gasteiger partial charge is 0.456 e. The molecule has 2 aliphatic heterocycles. The molecule has 0 bridgehead atoms. The van der Waals surface area contributed by atoms with Crippen molar-refractivity contribution < 1.29 is 14.3 Å². The third-order valence-electron chi connectivity index (χ3n) is 7.14. The van der Waals surface area contributed by atoms with Crippen molar-refractivity contribution >= 4 is 11.9 Å². The number of tetrazole rings is 1. The van der Waals surface area contributed by atoms with Gasteiger partial charge in [0.05, 0.1) is 34.8 Å². The summed E-state index contributed by atoms with van der Waals surface area (Å²) in [6, 6.07) is 0.390. The molecule has 0 atom stereocenters. The molecule has 3 aliphatic rings. The van der Waals surface area contributed by atoms with Crippen molar-refractivity contribution in [1.82, 2.24) is 40.0 Å². The van der Waals surface area contributed by atoms with E-state index in [0.717, 1.165) is 43.5 Å². The number of aromatic nitrogens is 6. The molecule has 2 aromatic rings. The highest BCUT2D eigenvalue weighted by Gasteiger charge is 2.50. The van der Waals surface area contributed by atoms with Crippen molar-refractivity contribution in [2.24, 2.45) is 5.41 Å². The molecule has 168 valence electrons. The highest BCUT2D eigenvalue weighted by atomic mass is 16.5. The lowest BCUT2D eigenvalue weighted by Gasteiger charge is -2.39. The molecule has 0 radical (unpaired) electrons. The number of hydrogen-bond donors (Lipinski definition) is 0. The maximum atomic E-state index is 13.3. The monoisotopic (exact) mass is 438 g/mol. The minimum absolute atomic E-state index is 0.162. The van der Waals surface area contributed by atoms with E-state index in [1.54, 1.807) is 24.2 Å². The van der Waals surface area contributed by atoms with E-state index in [4.69, 9.17) is 4.74 Å². The fourth-order valence-corrected chi connectivity index (χ4v) is 5.09. The smallest absolute Gasteiger partial charge is 0.336 e. The Morgan fingerprint density at radius 1 is 1.19 bits per heavy atom. The van der Waals surface area contributed by atoms with Crippen LogP contribution in [0.3, 0.4) is 0 Å². The minimum Gasteiger partial charge on any atom is -0.456 e. The average Bonchev–Trinajstić information content (AvgIpc) is 3.52. The summed E-state index contributed by atoms with van der Waals surface area (Å²) in [5, 5.41) is 11.0. The first-order valence-electron chi connectivity index (χ1n) is 10.9. The van der Waals surface area contributed by atoms with Gasteiger partial charge in [-0.05, 0) is 56.5 Å². The van der Waals surface area contributed by atoms with E-state index in [2.05, 4.69) is 37.4 Å². The van der Waals surface area contributed by atoms with Gasteiger partial charge >= 0.3 is 5.97 Å². The van der Waals surface area contributed by atoms with E-state index in [9.17, 15) is 9.59 Å². The second-order valence-electron chi connectivity index (χ2n) is 8.90. The van der Waals surface area contributed by atoms with Crippen LogP contribution in [0.2, 0.25) is 0 Å². The van der Waals surface area contributed by atoms with Crippen molar-refractivity contribution in [3.63, 3.8) is 0 Å². The molecule has 1 saturated heterocycles. The molecule has 1 aliphatic carbocycles. The van der Waals surface area contributed by atoms with E-state index >= 15 is 0 Å². The second-order valence-corrected chi connectivity index (χ2v) is 8.90. The van der Waals surface area contributed by atoms with Gasteiger partial charge in [0.2, 0.25) is 5.91 Å². The Morgan fingerprint density at radius 2 is 2.00 bits per heavy atom. The molecule has 4 heterocycles. The predicted molar refractivity (Wildman–Crippen MR) is 111 cm³/mol. The van der Waals surface area contributed by atoms with E-state index in [1.807, 2.05) is 0 Å². The third-order valence-corrected chi connectivity index (χ3v) is 7.14. The number of carbonyl (C=O) groups excluding carboxylic acids is 2. The van der Waals surface area contributed by atoms with Gasteiger partial charge in [-0.15, -0.1) is 5.10 Å². The molecule has 0 unspecified atom stereocenters. The number of hydrogen-bond acceptors (Lipinski definition) is 9. The van der Waals surface area contributed by atoms with Crippen molar-refractivity contribution in [1.29, 1.82) is 0 Å². The normalized spacial score (nSPS) is 26.0. The summed E-state index contributed by atoms with van der Waals surface area (Å²) < 4.78 is 6.58. The van der Waals surface area contributed by atoms with E-state index in [-0.39, 0.29) is 23.9 Å². The molecule has 1 spiro atoms. The fraction of sp³-hybridized carbons (Fsp3) is 0.571. The topological polar surface area (TPSA) is 119 Å². The number of likely N-dealkylation sites (tertiary alicyclic amines) is 1. The van der Waals surface area contributed by atoms with Gasteiger partial charge in [0.25, 0.3) is 0 Å². The zero-order valence-corrected chi connectivity index (χ0v) is 18.3. The third kappa shape index (κ3) is 3.56. The highest BCUT2D eigenvalue weighted by molar-refractivity contribution is 5.94. The maximum Gasteiger partial charge on any atom is 0.336 e. The Kier molecular flexibility index (Phi) is 5.20. The molecule has 5 rings (SSSR count). The van der Waals surface area contributed by atoms with Crippen LogP contribution in [0.4, 0.5) is 0 Å². The highest BCUT2D eigenvalue weighted by Crippen LogP contribution is 2.47. The summed E-state index contributed by atoms with van der Waals surface area (Å²) in [7, 11) is 2.10. The predicted octanol–water partition coefficient (Wildman–Crippen LogP) is 0.876. The van der Waals surface area contributed by atoms with Gasteiger partial charge in [-0.3, -0.25) is 14.7 Å². The fourth-order valence-electron chi connectivity index (χ4n) is 5.09. The van der Waals surface area contributed by atoms with Gasteiger partial charge in [-0.25, -0.2) is 9.78 Å². The minimum atomic E-state index is -0.312. The first-order chi connectivity index (χ1) is 15.5. The number of esters is 1. The molecule has 1 amide bonds. The first kappa shape index (κ1) is 20.7. The maximum absolute atomic E-state index is 13.3. The van der Waals surface area contributed by atoms with Crippen LogP contribution in [0.1, 0.15) is 44.7 Å². The molecule has 2 fully saturated rings. The molecule has 0 N–H and O–H groups in total. The average molecular weight is 438 g/mol. The van der Waals surface area contributed by atoms with Crippen LogP contribution in [0.15, 0.2) is 30.0 Å². The molecule has 2 aromatic heterocycles. The van der Waals surface area contributed by atoms with Crippen LogP contribution in [0.25, 0.3) is 5.82 Å².